The predicted molar refractivity (Wildman–Crippen MR) is 81.5 cm³/mol. The van der Waals surface area contributed by atoms with Gasteiger partial charge in [0.25, 0.3) is 0 Å². The lowest BCUT2D eigenvalue weighted by Gasteiger charge is -2.18. The standard InChI is InChI=1S/C15H17BrN2O2/c1-9-12(10-7-5-6-8-11(10)16)18-13(17-9)15(2,3)14(19)20-4/h5-8H,1-4H3,(H,17,18). The number of rotatable bonds is 3. The van der Waals surface area contributed by atoms with Crippen molar-refractivity contribution in [1.82, 2.24) is 9.97 Å². The number of aromatic amines is 1. The van der Waals surface area contributed by atoms with Crippen molar-refractivity contribution in [3.63, 3.8) is 0 Å². The number of carbonyl (C=O) groups excluding carboxylic acids is 1. The van der Waals surface area contributed by atoms with E-state index >= 15 is 0 Å². The van der Waals surface area contributed by atoms with E-state index in [4.69, 9.17) is 4.74 Å². The molecule has 1 N–H and O–H groups in total. The molecule has 0 aliphatic rings. The van der Waals surface area contributed by atoms with E-state index in [2.05, 4.69) is 25.9 Å². The van der Waals surface area contributed by atoms with Crippen molar-refractivity contribution in [2.45, 2.75) is 26.2 Å². The number of esters is 1. The molecule has 1 aromatic carbocycles. The van der Waals surface area contributed by atoms with E-state index in [0.29, 0.717) is 5.82 Å². The Morgan fingerprint density at radius 3 is 2.60 bits per heavy atom. The van der Waals surface area contributed by atoms with Gasteiger partial charge in [-0.25, -0.2) is 4.98 Å². The minimum atomic E-state index is -0.807. The zero-order valence-electron chi connectivity index (χ0n) is 12.0. The Morgan fingerprint density at radius 2 is 2.00 bits per heavy atom. The fraction of sp³-hybridized carbons (Fsp3) is 0.333. The van der Waals surface area contributed by atoms with Crippen molar-refractivity contribution in [3.05, 3.63) is 40.3 Å². The van der Waals surface area contributed by atoms with Crippen LogP contribution in [-0.4, -0.2) is 23.0 Å². The highest BCUT2D eigenvalue weighted by Crippen LogP contribution is 2.31. The second kappa shape index (κ2) is 5.40. The second-order valence-electron chi connectivity index (χ2n) is 5.16. The molecule has 0 amide bonds. The first-order valence-electron chi connectivity index (χ1n) is 6.28. The Kier molecular flexibility index (Phi) is 3.99. The van der Waals surface area contributed by atoms with Gasteiger partial charge in [-0.05, 0) is 26.8 Å². The van der Waals surface area contributed by atoms with Crippen LogP contribution in [0, 0.1) is 6.92 Å². The van der Waals surface area contributed by atoms with Crippen molar-refractivity contribution < 1.29 is 9.53 Å². The van der Waals surface area contributed by atoms with Crippen molar-refractivity contribution in [2.24, 2.45) is 0 Å². The number of nitrogens with zero attached hydrogens (tertiary/aromatic N) is 1. The van der Waals surface area contributed by atoms with E-state index in [1.54, 1.807) is 13.8 Å². The minimum absolute atomic E-state index is 0.315. The molecular weight excluding hydrogens is 320 g/mol. The molecule has 106 valence electrons. The average molecular weight is 337 g/mol. The average Bonchev–Trinajstić information content (AvgIpc) is 2.81. The van der Waals surface area contributed by atoms with Crippen LogP contribution >= 0.6 is 15.9 Å². The summed E-state index contributed by atoms with van der Waals surface area (Å²) in [6.07, 6.45) is 0. The normalized spacial score (nSPS) is 11.4. The van der Waals surface area contributed by atoms with Gasteiger partial charge in [-0.2, -0.15) is 0 Å². The number of imidazole rings is 1. The Morgan fingerprint density at radius 1 is 1.35 bits per heavy atom. The van der Waals surface area contributed by atoms with Gasteiger partial charge in [-0.1, -0.05) is 34.1 Å². The number of H-pyrrole nitrogens is 1. The van der Waals surface area contributed by atoms with Crippen molar-refractivity contribution in [3.8, 4) is 11.3 Å². The van der Waals surface area contributed by atoms with Gasteiger partial charge in [0, 0.05) is 15.7 Å². The zero-order chi connectivity index (χ0) is 14.9. The third-order valence-electron chi connectivity index (χ3n) is 3.30. The monoisotopic (exact) mass is 336 g/mol. The number of nitrogens with one attached hydrogen (secondary N) is 1. The van der Waals surface area contributed by atoms with Crippen LogP contribution in [0.1, 0.15) is 25.4 Å². The molecule has 0 aliphatic carbocycles. The number of aryl methyl sites for hydroxylation is 1. The summed E-state index contributed by atoms with van der Waals surface area (Å²) in [4.78, 5) is 19.7. The molecule has 4 nitrogen and oxygen atoms in total. The third kappa shape index (κ3) is 2.50. The summed E-state index contributed by atoms with van der Waals surface area (Å²) in [6, 6.07) is 7.87. The van der Waals surface area contributed by atoms with Gasteiger partial charge in [0.15, 0.2) is 0 Å². The summed E-state index contributed by atoms with van der Waals surface area (Å²) in [7, 11) is 1.38. The molecule has 0 fully saturated rings. The molecule has 0 spiro atoms. The summed E-state index contributed by atoms with van der Waals surface area (Å²) in [6.45, 7) is 5.53. The summed E-state index contributed by atoms with van der Waals surface area (Å²) >= 11 is 3.52. The summed E-state index contributed by atoms with van der Waals surface area (Å²) in [5, 5.41) is 0. The molecule has 0 unspecified atom stereocenters. The van der Waals surface area contributed by atoms with Crippen LogP contribution in [0.25, 0.3) is 11.3 Å². The highest BCUT2D eigenvalue weighted by molar-refractivity contribution is 9.10. The first-order valence-corrected chi connectivity index (χ1v) is 7.07. The van der Waals surface area contributed by atoms with Gasteiger partial charge in [0.2, 0.25) is 0 Å². The Hall–Kier alpha value is -1.62. The number of methoxy groups -OCH3 is 1. The zero-order valence-corrected chi connectivity index (χ0v) is 13.5. The number of hydrogen-bond acceptors (Lipinski definition) is 3. The first kappa shape index (κ1) is 14.8. The molecule has 1 heterocycles. The maximum absolute atomic E-state index is 11.9. The fourth-order valence-corrected chi connectivity index (χ4v) is 2.50. The van der Waals surface area contributed by atoms with E-state index < -0.39 is 5.41 Å². The number of aromatic nitrogens is 2. The van der Waals surface area contributed by atoms with E-state index in [9.17, 15) is 4.79 Å². The summed E-state index contributed by atoms with van der Waals surface area (Å²) in [5.74, 6) is 0.289. The van der Waals surface area contributed by atoms with Crippen LogP contribution in [-0.2, 0) is 14.9 Å². The molecule has 5 heteroatoms. The lowest BCUT2D eigenvalue weighted by molar-refractivity contribution is -0.146. The maximum atomic E-state index is 11.9. The molecule has 20 heavy (non-hydrogen) atoms. The quantitative estimate of drug-likeness (QED) is 0.871. The van der Waals surface area contributed by atoms with Gasteiger partial charge < -0.3 is 9.72 Å². The fourth-order valence-electron chi connectivity index (χ4n) is 2.02. The number of benzene rings is 1. The molecule has 0 aliphatic heterocycles. The number of halogens is 1. The lowest BCUT2D eigenvalue weighted by atomic mass is 9.93. The largest absolute Gasteiger partial charge is 0.468 e. The Balaban J connectivity index is 2.51. The van der Waals surface area contributed by atoms with Gasteiger partial charge in [0.1, 0.15) is 11.2 Å². The van der Waals surface area contributed by atoms with Gasteiger partial charge in [-0.3, -0.25) is 4.79 Å². The van der Waals surface area contributed by atoms with Crippen molar-refractivity contribution in [1.29, 1.82) is 0 Å². The van der Waals surface area contributed by atoms with E-state index in [-0.39, 0.29) is 5.97 Å². The summed E-state index contributed by atoms with van der Waals surface area (Å²) in [5.41, 5.74) is 1.94. The van der Waals surface area contributed by atoms with Crippen LogP contribution in [0.2, 0.25) is 0 Å². The van der Waals surface area contributed by atoms with Crippen LogP contribution in [0.3, 0.4) is 0 Å². The molecule has 0 bridgehead atoms. The van der Waals surface area contributed by atoms with Crippen LogP contribution < -0.4 is 0 Å². The van der Waals surface area contributed by atoms with Gasteiger partial charge in [0.05, 0.1) is 12.8 Å². The van der Waals surface area contributed by atoms with Gasteiger partial charge >= 0.3 is 5.97 Å². The topological polar surface area (TPSA) is 55.0 Å². The molecule has 2 rings (SSSR count). The summed E-state index contributed by atoms with van der Waals surface area (Å²) < 4.78 is 5.81. The van der Waals surface area contributed by atoms with E-state index in [0.717, 1.165) is 21.4 Å². The highest BCUT2D eigenvalue weighted by atomic mass is 79.9. The van der Waals surface area contributed by atoms with Crippen LogP contribution in [0.5, 0.6) is 0 Å². The molecule has 0 saturated carbocycles. The predicted octanol–water partition coefficient (Wildman–Crippen LogP) is 3.60. The molecule has 0 radical (unpaired) electrons. The number of ether oxygens (including phenoxy) is 1. The third-order valence-corrected chi connectivity index (χ3v) is 3.99. The smallest absolute Gasteiger partial charge is 0.318 e. The number of hydrogen-bond donors (Lipinski definition) is 1. The molecule has 1 aromatic heterocycles. The number of carbonyl (C=O) groups is 1. The van der Waals surface area contributed by atoms with E-state index in [1.165, 1.54) is 7.11 Å². The lowest BCUT2D eigenvalue weighted by Crippen LogP contribution is -2.31. The van der Waals surface area contributed by atoms with E-state index in [1.807, 2.05) is 31.2 Å². The van der Waals surface area contributed by atoms with Crippen molar-refractivity contribution >= 4 is 21.9 Å². The van der Waals surface area contributed by atoms with Gasteiger partial charge in [-0.15, -0.1) is 0 Å². The second-order valence-corrected chi connectivity index (χ2v) is 6.01. The molecule has 0 atom stereocenters. The van der Waals surface area contributed by atoms with Crippen LogP contribution in [0.15, 0.2) is 28.7 Å². The molecule has 2 aromatic rings. The minimum Gasteiger partial charge on any atom is -0.468 e. The van der Waals surface area contributed by atoms with Crippen molar-refractivity contribution in [2.75, 3.05) is 7.11 Å². The van der Waals surface area contributed by atoms with Crippen LogP contribution in [0.4, 0.5) is 0 Å². The SMILES string of the molecule is COC(=O)C(C)(C)c1nc(-c2ccccc2Br)c(C)[nH]1. The molecule has 0 saturated heterocycles. The maximum Gasteiger partial charge on any atom is 0.318 e. The first-order chi connectivity index (χ1) is 9.37. The molecular formula is C15H17BrN2O2. The Bertz CT molecular complexity index is 647. The Labute approximate surface area is 126 Å². The highest BCUT2D eigenvalue weighted by Gasteiger charge is 2.34.